The van der Waals surface area contributed by atoms with E-state index < -0.39 is 15.3 Å². The Hall–Kier alpha value is -2.80. The molecule has 1 N–H and O–H groups in total. The maximum atomic E-state index is 12.7. The van der Waals surface area contributed by atoms with E-state index in [1.165, 1.54) is 28.2 Å². The lowest BCUT2D eigenvalue weighted by Crippen LogP contribution is -2.40. The molecule has 0 spiro atoms. The number of hydrogen-bond acceptors (Lipinski definition) is 8. The van der Waals surface area contributed by atoms with Gasteiger partial charge in [0.05, 0.1) is 29.0 Å². The number of ether oxygens (including phenoxy) is 1. The molecule has 1 saturated heterocycles. The van der Waals surface area contributed by atoms with Crippen LogP contribution in [0.1, 0.15) is 12.5 Å². The van der Waals surface area contributed by atoms with Crippen LogP contribution >= 0.6 is 11.8 Å². The smallest absolute Gasteiger partial charge is 0.243 e. The van der Waals surface area contributed by atoms with Crippen molar-refractivity contribution in [3.63, 3.8) is 0 Å². The minimum absolute atomic E-state index is 0.183. The van der Waals surface area contributed by atoms with E-state index in [9.17, 15) is 13.2 Å². The number of benzene rings is 2. The predicted octanol–water partition coefficient (Wildman–Crippen LogP) is 2.11. The third-order valence-corrected chi connectivity index (χ3v) is 8.11. The second-order valence-corrected chi connectivity index (χ2v) is 10.7. The zero-order chi connectivity index (χ0) is 23.4. The summed E-state index contributed by atoms with van der Waals surface area (Å²) < 4.78 is 33.7. The SMILES string of the molecule is Cc1ccccc1-n1nnnc1SC(C)C(=O)Nc1ccc(S(=O)(=O)N2CCOCC2)cc1. The van der Waals surface area contributed by atoms with Crippen LogP contribution in [0.5, 0.6) is 0 Å². The molecule has 0 aliphatic carbocycles. The van der Waals surface area contributed by atoms with Crippen LogP contribution in [0.25, 0.3) is 5.69 Å². The number of nitrogens with one attached hydrogen (secondary N) is 1. The number of nitrogens with zero attached hydrogens (tertiary/aromatic N) is 5. The summed E-state index contributed by atoms with van der Waals surface area (Å²) >= 11 is 1.23. The number of morpholine rings is 1. The van der Waals surface area contributed by atoms with Gasteiger partial charge in [-0.3, -0.25) is 4.79 Å². The average molecular weight is 489 g/mol. The number of anilines is 1. The second-order valence-electron chi connectivity index (χ2n) is 7.45. The zero-order valence-corrected chi connectivity index (χ0v) is 19.8. The van der Waals surface area contributed by atoms with Gasteiger partial charge in [0.1, 0.15) is 0 Å². The van der Waals surface area contributed by atoms with Crippen molar-refractivity contribution in [2.75, 3.05) is 31.6 Å². The number of tetrazole rings is 1. The van der Waals surface area contributed by atoms with E-state index in [0.717, 1.165) is 11.3 Å². The Labute approximate surface area is 196 Å². The fourth-order valence-electron chi connectivity index (χ4n) is 3.31. The number of para-hydroxylation sites is 1. The summed E-state index contributed by atoms with van der Waals surface area (Å²) in [6.07, 6.45) is 0. The van der Waals surface area contributed by atoms with Crippen LogP contribution in [-0.2, 0) is 19.6 Å². The first kappa shape index (κ1) is 23.4. The molecule has 1 fully saturated rings. The molecule has 0 saturated carbocycles. The number of carbonyl (C=O) groups excluding carboxylic acids is 1. The number of amides is 1. The molecule has 2 heterocycles. The Morgan fingerprint density at radius 1 is 1.12 bits per heavy atom. The topological polar surface area (TPSA) is 119 Å². The fourth-order valence-corrected chi connectivity index (χ4v) is 5.51. The molecule has 1 amide bonds. The standard InChI is InChI=1S/C21H24N6O4S2/c1-15-5-3-4-6-19(15)27-21(23-24-25-27)32-16(2)20(28)22-17-7-9-18(10-8-17)33(29,30)26-11-13-31-14-12-26/h3-10,16H,11-14H2,1-2H3,(H,22,28). The minimum atomic E-state index is -3.58. The number of sulfonamides is 1. The number of thioether (sulfide) groups is 1. The van der Waals surface area contributed by atoms with Crippen LogP contribution in [0.15, 0.2) is 58.6 Å². The van der Waals surface area contributed by atoms with Crippen LogP contribution in [0.2, 0.25) is 0 Å². The lowest BCUT2D eigenvalue weighted by molar-refractivity contribution is -0.115. The Balaban J connectivity index is 1.41. The van der Waals surface area contributed by atoms with Gasteiger partial charge in [-0.05, 0) is 60.2 Å². The molecule has 2 aromatic carbocycles. The molecule has 1 aliphatic heterocycles. The minimum Gasteiger partial charge on any atom is -0.379 e. The van der Waals surface area contributed by atoms with E-state index in [4.69, 9.17) is 4.74 Å². The monoisotopic (exact) mass is 488 g/mol. The van der Waals surface area contributed by atoms with Crippen molar-refractivity contribution < 1.29 is 17.9 Å². The highest BCUT2D eigenvalue weighted by molar-refractivity contribution is 8.00. The quantitative estimate of drug-likeness (QED) is 0.502. The molecular weight excluding hydrogens is 464 g/mol. The molecule has 10 nitrogen and oxygen atoms in total. The van der Waals surface area contributed by atoms with Crippen molar-refractivity contribution in [2.45, 2.75) is 29.1 Å². The Kier molecular flexibility index (Phi) is 7.08. The molecular formula is C21H24N6O4S2. The first-order valence-corrected chi connectivity index (χ1v) is 12.7. The van der Waals surface area contributed by atoms with Gasteiger partial charge >= 0.3 is 0 Å². The maximum absolute atomic E-state index is 12.7. The summed E-state index contributed by atoms with van der Waals surface area (Å²) in [4.78, 5) is 12.9. The first-order valence-electron chi connectivity index (χ1n) is 10.4. The molecule has 0 bridgehead atoms. The average Bonchev–Trinajstić information content (AvgIpc) is 3.28. The molecule has 12 heteroatoms. The first-order chi connectivity index (χ1) is 15.9. The maximum Gasteiger partial charge on any atom is 0.243 e. The van der Waals surface area contributed by atoms with Gasteiger partial charge in [-0.2, -0.15) is 8.99 Å². The number of hydrogen-bond donors (Lipinski definition) is 1. The third-order valence-electron chi connectivity index (χ3n) is 5.17. The predicted molar refractivity (Wildman–Crippen MR) is 124 cm³/mol. The summed E-state index contributed by atoms with van der Waals surface area (Å²) in [6.45, 7) is 5.15. The van der Waals surface area contributed by atoms with Crippen LogP contribution in [0.4, 0.5) is 5.69 Å². The molecule has 1 atom stereocenters. The molecule has 33 heavy (non-hydrogen) atoms. The van der Waals surface area contributed by atoms with E-state index >= 15 is 0 Å². The normalized spacial score (nSPS) is 15.8. The van der Waals surface area contributed by atoms with Gasteiger partial charge in [0.25, 0.3) is 0 Å². The Morgan fingerprint density at radius 3 is 2.52 bits per heavy atom. The zero-order valence-electron chi connectivity index (χ0n) is 18.2. The van der Waals surface area contributed by atoms with Crippen molar-refractivity contribution in [1.82, 2.24) is 24.5 Å². The van der Waals surface area contributed by atoms with E-state index in [1.54, 1.807) is 23.7 Å². The molecule has 0 radical (unpaired) electrons. The lowest BCUT2D eigenvalue weighted by Gasteiger charge is -2.26. The van der Waals surface area contributed by atoms with Crippen LogP contribution in [0, 0.1) is 6.92 Å². The van der Waals surface area contributed by atoms with Gasteiger partial charge in [-0.25, -0.2) is 8.42 Å². The van der Waals surface area contributed by atoms with Gasteiger partial charge in [-0.15, -0.1) is 5.10 Å². The summed E-state index contributed by atoms with van der Waals surface area (Å²) in [6, 6.07) is 13.9. The summed E-state index contributed by atoms with van der Waals surface area (Å²) in [7, 11) is -3.58. The highest BCUT2D eigenvalue weighted by atomic mass is 32.2. The number of carbonyl (C=O) groups is 1. The van der Waals surface area contributed by atoms with Gasteiger partial charge in [0, 0.05) is 18.8 Å². The molecule has 1 aliphatic rings. The molecule has 3 aromatic rings. The van der Waals surface area contributed by atoms with Gasteiger partial charge in [0.2, 0.25) is 21.1 Å². The lowest BCUT2D eigenvalue weighted by atomic mass is 10.2. The van der Waals surface area contributed by atoms with Gasteiger partial charge in [0.15, 0.2) is 0 Å². The van der Waals surface area contributed by atoms with Crippen LogP contribution in [0.3, 0.4) is 0 Å². The Morgan fingerprint density at radius 2 is 1.82 bits per heavy atom. The summed E-state index contributed by atoms with van der Waals surface area (Å²) in [5, 5.41) is 14.7. The highest BCUT2D eigenvalue weighted by Crippen LogP contribution is 2.25. The van der Waals surface area contributed by atoms with Gasteiger partial charge < -0.3 is 10.1 Å². The van der Waals surface area contributed by atoms with Crippen LogP contribution < -0.4 is 5.32 Å². The summed E-state index contributed by atoms with van der Waals surface area (Å²) in [5.74, 6) is -0.247. The fraction of sp³-hybridized carbons (Fsp3) is 0.333. The number of aromatic nitrogens is 4. The molecule has 174 valence electrons. The van der Waals surface area contributed by atoms with E-state index in [0.29, 0.717) is 37.1 Å². The van der Waals surface area contributed by atoms with Crippen molar-refractivity contribution >= 4 is 33.4 Å². The largest absolute Gasteiger partial charge is 0.379 e. The van der Waals surface area contributed by atoms with Crippen molar-refractivity contribution in [1.29, 1.82) is 0 Å². The van der Waals surface area contributed by atoms with Crippen molar-refractivity contribution in [2.24, 2.45) is 0 Å². The number of aryl methyl sites for hydroxylation is 1. The number of rotatable bonds is 7. The molecule has 4 rings (SSSR count). The van der Waals surface area contributed by atoms with E-state index in [1.807, 2.05) is 31.2 Å². The van der Waals surface area contributed by atoms with Gasteiger partial charge in [-0.1, -0.05) is 30.0 Å². The Bertz CT molecular complexity index is 1220. The molecule has 1 aromatic heterocycles. The second kappa shape index (κ2) is 10.00. The third kappa shape index (κ3) is 5.24. The van der Waals surface area contributed by atoms with Crippen LogP contribution in [-0.4, -0.2) is 70.4 Å². The van der Waals surface area contributed by atoms with Crippen molar-refractivity contribution in [3.05, 3.63) is 54.1 Å². The molecule has 1 unspecified atom stereocenters. The highest BCUT2D eigenvalue weighted by Gasteiger charge is 2.26. The summed E-state index contributed by atoms with van der Waals surface area (Å²) in [5.41, 5.74) is 2.36. The van der Waals surface area contributed by atoms with Crippen molar-refractivity contribution in [3.8, 4) is 5.69 Å². The van der Waals surface area contributed by atoms with E-state index in [-0.39, 0.29) is 10.8 Å². The van der Waals surface area contributed by atoms with E-state index in [2.05, 4.69) is 20.8 Å².